The van der Waals surface area contributed by atoms with Crippen LogP contribution in [0, 0.1) is 6.92 Å². The molecule has 1 heterocycles. The molecular weight excluding hydrogens is 580 g/mol. The van der Waals surface area contributed by atoms with Crippen molar-refractivity contribution in [3.63, 3.8) is 0 Å². The number of aliphatic carboxylic acids is 1. The Kier molecular flexibility index (Phi) is 13.5. The van der Waals surface area contributed by atoms with Crippen molar-refractivity contribution < 1.29 is 33.8 Å². The monoisotopic (exact) mass is 624 g/mol. The van der Waals surface area contributed by atoms with Gasteiger partial charge < -0.3 is 40.9 Å². The maximum atomic E-state index is 12.9. The normalized spacial score (nSPS) is 13.1. The highest BCUT2D eigenvalue weighted by atomic mass is 16.5. The van der Waals surface area contributed by atoms with Gasteiger partial charge in [-0.3, -0.25) is 14.4 Å². The highest BCUT2D eigenvalue weighted by Gasteiger charge is 2.24. The molecule has 2 aromatic rings. The first kappa shape index (κ1) is 34.7. The molecule has 1 unspecified atom stereocenters. The largest absolute Gasteiger partial charge is 0.495 e. The van der Waals surface area contributed by atoms with Crippen LogP contribution in [0.1, 0.15) is 50.2 Å². The average molecular weight is 625 g/mol. The Hall–Kier alpha value is -4.81. The number of carboxylic acid groups (broad SMARTS) is 1. The highest BCUT2D eigenvalue weighted by molar-refractivity contribution is 6.01. The lowest BCUT2D eigenvalue weighted by Crippen LogP contribution is -2.47. The number of anilines is 2. The zero-order valence-electron chi connectivity index (χ0n) is 26.2. The Morgan fingerprint density at radius 3 is 2.44 bits per heavy atom. The number of carbonyl (C=O) groups is 5. The van der Waals surface area contributed by atoms with Gasteiger partial charge in [0.15, 0.2) is 0 Å². The number of likely N-dealkylation sites (tertiary alicyclic amines) is 1. The molecule has 0 spiro atoms. The molecule has 3 rings (SSSR count). The lowest BCUT2D eigenvalue weighted by atomic mass is 10.1. The number of methoxy groups -OCH3 is 1. The summed E-state index contributed by atoms with van der Waals surface area (Å²) in [6, 6.07) is 11.2. The first-order valence-electron chi connectivity index (χ1n) is 15.2. The lowest BCUT2D eigenvalue weighted by molar-refractivity contribution is -0.138. The number of aryl methyl sites for hydroxylation is 1. The quantitative estimate of drug-likeness (QED) is 0.178. The molecule has 1 atom stereocenters. The minimum Gasteiger partial charge on any atom is -0.495 e. The van der Waals surface area contributed by atoms with Gasteiger partial charge in [-0.2, -0.15) is 0 Å². The van der Waals surface area contributed by atoms with E-state index in [9.17, 15) is 29.1 Å². The van der Waals surface area contributed by atoms with E-state index in [0.717, 1.165) is 12.0 Å². The van der Waals surface area contributed by atoms with Gasteiger partial charge in [0.05, 0.1) is 25.6 Å². The van der Waals surface area contributed by atoms with Gasteiger partial charge in [0.25, 0.3) is 0 Å². The summed E-state index contributed by atoms with van der Waals surface area (Å²) >= 11 is 0. The number of benzene rings is 2. The molecule has 0 aromatic heterocycles. The van der Waals surface area contributed by atoms with E-state index in [1.807, 2.05) is 31.2 Å². The third-order valence-electron chi connectivity index (χ3n) is 7.49. The Labute approximate surface area is 263 Å². The van der Waals surface area contributed by atoms with Crippen molar-refractivity contribution in [3.05, 3.63) is 53.6 Å². The number of amides is 6. The second-order valence-electron chi connectivity index (χ2n) is 11.0. The van der Waals surface area contributed by atoms with Crippen molar-refractivity contribution in [2.45, 2.75) is 58.4 Å². The van der Waals surface area contributed by atoms with Crippen molar-refractivity contribution in [1.29, 1.82) is 0 Å². The van der Waals surface area contributed by atoms with Crippen LogP contribution >= 0.6 is 0 Å². The van der Waals surface area contributed by atoms with E-state index in [-0.39, 0.29) is 30.7 Å². The first-order valence-corrected chi connectivity index (χ1v) is 15.2. The van der Waals surface area contributed by atoms with Gasteiger partial charge in [-0.25, -0.2) is 9.59 Å². The van der Waals surface area contributed by atoms with Crippen molar-refractivity contribution >= 4 is 41.2 Å². The molecule has 13 heteroatoms. The summed E-state index contributed by atoms with van der Waals surface area (Å²) in [6.45, 7) is 5.78. The number of nitrogens with one attached hydrogen (secondary N) is 4. The number of hydrogen-bond donors (Lipinski definition) is 5. The van der Waals surface area contributed by atoms with Crippen LogP contribution in [-0.4, -0.2) is 90.6 Å². The summed E-state index contributed by atoms with van der Waals surface area (Å²) in [5.41, 5.74) is 2.78. The smallest absolute Gasteiger partial charge is 0.323 e. The maximum Gasteiger partial charge on any atom is 0.323 e. The Morgan fingerprint density at radius 2 is 1.76 bits per heavy atom. The van der Waals surface area contributed by atoms with E-state index >= 15 is 0 Å². The summed E-state index contributed by atoms with van der Waals surface area (Å²) in [5.74, 6) is -0.686. The fourth-order valence-electron chi connectivity index (χ4n) is 5.06. The van der Waals surface area contributed by atoms with Gasteiger partial charge >= 0.3 is 18.0 Å². The predicted molar refractivity (Wildman–Crippen MR) is 170 cm³/mol. The molecule has 45 heavy (non-hydrogen) atoms. The summed E-state index contributed by atoms with van der Waals surface area (Å²) < 4.78 is 5.42. The first-order chi connectivity index (χ1) is 21.6. The van der Waals surface area contributed by atoms with E-state index in [4.69, 9.17) is 4.74 Å². The molecular formula is C32H44N6O7. The second kappa shape index (κ2) is 17.5. The maximum absolute atomic E-state index is 12.9. The third-order valence-corrected chi connectivity index (χ3v) is 7.49. The van der Waals surface area contributed by atoms with E-state index in [0.29, 0.717) is 74.7 Å². The number of carboxylic acids is 1. The van der Waals surface area contributed by atoms with Gasteiger partial charge in [-0.05, 0) is 62.4 Å². The summed E-state index contributed by atoms with van der Waals surface area (Å²) in [5, 5.41) is 20.4. The topological polar surface area (TPSA) is 169 Å². The van der Waals surface area contributed by atoms with Gasteiger partial charge in [-0.15, -0.1) is 0 Å². The molecule has 1 fully saturated rings. The van der Waals surface area contributed by atoms with Crippen LogP contribution in [0.3, 0.4) is 0 Å². The van der Waals surface area contributed by atoms with Gasteiger partial charge in [0.1, 0.15) is 5.75 Å². The van der Waals surface area contributed by atoms with Crippen LogP contribution in [0.2, 0.25) is 0 Å². The number of ether oxygens (including phenoxy) is 1. The molecule has 0 radical (unpaired) electrons. The van der Waals surface area contributed by atoms with Crippen LogP contribution in [0.25, 0.3) is 0 Å². The third kappa shape index (κ3) is 11.3. The Morgan fingerprint density at radius 1 is 1.02 bits per heavy atom. The second-order valence-corrected chi connectivity index (χ2v) is 11.0. The number of para-hydroxylation sites is 1. The molecule has 0 saturated carbocycles. The Balaban J connectivity index is 1.41. The number of nitrogens with zero attached hydrogens (tertiary/aromatic N) is 2. The molecule has 1 aliphatic rings. The predicted octanol–water partition coefficient (Wildman–Crippen LogP) is 3.58. The molecule has 5 N–H and O–H groups in total. The summed E-state index contributed by atoms with van der Waals surface area (Å²) in [4.78, 5) is 64.3. The standard InChI is InChI=1S/C32H44N6O7/c1-22-9-4-5-10-25(22)35-31(43)36-26-13-12-24(20-27(26)45-3)21-28(39)33-14-7-15-34-32(44)38(23(2)19-30(41)42)18-8-17-37-16-6-11-29(37)40/h4-5,9-10,12-13,20,23H,6-8,11,14-19,21H2,1-3H3,(H,33,39)(H,34,44)(H,41,42)(H2,35,36,43). The number of carbonyl (C=O) groups excluding carboxylic acids is 4. The number of urea groups is 2. The molecule has 13 nitrogen and oxygen atoms in total. The van der Waals surface area contributed by atoms with E-state index in [1.54, 1.807) is 30.0 Å². The molecule has 1 saturated heterocycles. The fraction of sp³-hybridized carbons (Fsp3) is 0.469. The molecule has 0 bridgehead atoms. The van der Waals surface area contributed by atoms with E-state index in [2.05, 4.69) is 21.3 Å². The number of rotatable bonds is 16. The van der Waals surface area contributed by atoms with Gasteiger partial charge in [0.2, 0.25) is 11.8 Å². The van der Waals surface area contributed by atoms with Crippen molar-refractivity contribution in [2.24, 2.45) is 0 Å². The lowest BCUT2D eigenvalue weighted by Gasteiger charge is -2.29. The van der Waals surface area contributed by atoms with E-state index < -0.39 is 18.0 Å². The van der Waals surface area contributed by atoms with Crippen LogP contribution in [0.4, 0.5) is 21.0 Å². The average Bonchev–Trinajstić information content (AvgIpc) is 3.40. The number of hydrogen-bond acceptors (Lipinski definition) is 6. The molecule has 244 valence electrons. The summed E-state index contributed by atoms with van der Waals surface area (Å²) in [7, 11) is 1.48. The molecule has 0 aliphatic carbocycles. The van der Waals surface area contributed by atoms with Crippen molar-refractivity contribution in [1.82, 2.24) is 20.4 Å². The molecule has 2 aromatic carbocycles. The van der Waals surface area contributed by atoms with Crippen molar-refractivity contribution in [3.8, 4) is 5.75 Å². The fourth-order valence-corrected chi connectivity index (χ4v) is 5.06. The molecule has 6 amide bonds. The van der Waals surface area contributed by atoms with Gasteiger partial charge in [0, 0.05) is 50.9 Å². The molecule has 1 aliphatic heterocycles. The van der Waals surface area contributed by atoms with Gasteiger partial charge in [-0.1, -0.05) is 24.3 Å². The summed E-state index contributed by atoms with van der Waals surface area (Å²) in [6.07, 6.45) is 2.32. The van der Waals surface area contributed by atoms with Crippen LogP contribution in [0.5, 0.6) is 5.75 Å². The van der Waals surface area contributed by atoms with Crippen LogP contribution in [0.15, 0.2) is 42.5 Å². The van der Waals surface area contributed by atoms with Crippen LogP contribution in [-0.2, 0) is 20.8 Å². The highest BCUT2D eigenvalue weighted by Crippen LogP contribution is 2.26. The van der Waals surface area contributed by atoms with Crippen LogP contribution < -0.4 is 26.0 Å². The van der Waals surface area contributed by atoms with E-state index in [1.165, 1.54) is 12.0 Å². The zero-order chi connectivity index (χ0) is 32.8. The SMILES string of the molecule is COc1cc(CC(=O)NCCCNC(=O)N(CCCN2CCCC2=O)C(C)CC(=O)O)ccc1NC(=O)Nc1ccccc1C. The minimum atomic E-state index is -0.995. The zero-order valence-corrected chi connectivity index (χ0v) is 26.2. The minimum absolute atomic E-state index is 0.0956. The van der Waals surface area contributed by atoms with Crippen molar-refractivity contribution in [2.75, 3.05) is 50.5 Å². The Bertz CT molecular complexity index is 1350.